The molecule has 1 aromatic carbocycles. The minimum Gasteiger partial charge on any atom is -0.478 e. The van der Waals surface area contributed by atoms with Gasteiger partial charge in [-0.15, -0.1) is 0 Å². The maximum absolute atomic E-state index is 12.7. The summed E-state index contributed by atoms with van der Waals surface area (Å²) in [5.41, 5.74) is 2.15. The van der Waals surface area contributed by atoms with Crippen LogP contribution in [0.2, 0.25) is 0 Å². The number of rotatable bonds is 5. The standard InChI is InChI=1S/C22H28N4O3/c1-6-22(7-2)14(4)19(25-21-23-11-10-13(3)24-21)17-12-16(20(28)29)8-9-18(17)26(22)15(5)27/h8-12,14,19H,6-7H2,1-5H3,(H,28,29)(H,23,24,25)/t14-,19-/m1/s1. The summed E-state index contributed by atoms with van der Waals surface area (Å²) >= 11 is 0. The zero-order chi connectivity index (χ0) is 21.3. The number of benzene rings is 1. The van der Waals surface area contributed by atoms with E-state index < -0.39 is 11.5 Å². The summed E-state index contributed by atoms with van der Waals surface area (Å²) in [5.74, 6) is -0.550. The van der Waals surface area contributed by atoms with Gasteiger partial charge in [-0.05, 0) is 49.6 Å². The van der Waals surface area contributed by atoms with E-state index in [9.17, 15) is 14.7 Å². The molecule has 29 heavy (non-hydrogen) atoms. The van der Waals surface area contributed by atoms with Gasteiger partial charge in [0.1, 0.15) is 0 Å². The predicted octanol–water partition coefficient (Wildman–Crippen LogP) is 4.20. The van der Waals surface area contributed by atoms with Crippen LogP contribution < -0.4 is 10.2 Å². The molecule has 0 spiro atoms. The number of aromatic nitrogens is 2. The number of carbonyl (C=O) groups is 2. The Balaban J connectivity index is 2.23. The van der Waals surface area contributed by atoms with E-state index in [-0.39, 0.29) is 23.4 Å². The second-order valence-corrected chi connectivity index (χ2v) is 7.68. The van der Waals surface area contributed by atoms with E-state index in [1.807, 2.05) is 17.9 Å². The molecule has 1 amide bonds. The number of aromatic carboxylic acids is 1. The summed E-state index contributed by atoms with van der Waals surface area (Å²) in [6, 6.07) is 6.56. The quantitative estimate of drug-likeness (QED) is 0.786. The zero-order valence-electron chi connectivity index (χ0n) is 17.6. The Morgan fingerprint density at radius 2 is 1.93 bits per heavy atom. The van der Waals surface area contributed by atoms with Crippen LogP contribution in [0.5, 0.6) is 0 Å². The molecule has 3 rings (SSSR count). The van der Waals surface area contributed by atoms with Gasteiger partial charge in [0.05, 0.1) is 17.1 Å². The normalized spacial score (nSPS) is 20.1. The Hall–Kier alpha value is -2.96. The van der Waals surface area contributed by atoms with Gasteiger partial charge in [-0.2, -0.15) is 0 Å². The molecule has 0 radical (unpaired) electrons. The van der Waals surface area contributed by atoms with E-state index in [0.717, 1.165) is 29.8 Å². The molecule has 0 aliphatic carbocycles. The first-order valence-electron chi connectivity index (χ1n) is 9.99. The molecule has 0 unspecified atom stereocenters. The van der Waals surface area contributed by atoms with Crippen LogP contribution in [-0.4, -0.2) is 32.5 Å². The van der Waals surface area contributed by atoms with E-state index in [1.54, 1.807) is 31.3 Å². The number of hydrogen-bond donors (Lipinski definition) is 2. The molecule has 2 aromatic rings. The molecule has 2 N–H and O–H groups in total. The van der Waals surface area contributed by atoms with Crippen molar-refractivity contribution < 1.29 is 14.7 Å². The molecule has 1 aromatic heterocycles. The third kappa shape index (κ3) is 3.45. The van der Waals surface area contributed by atoms with Gasteiger partial charge >= 0.3 is 5.97 Å². The molecule has 1 aliphatic rings. The van der Waals surface area contributed by atoms with E-state index in [1.165, 1.54) is 0 Å². The van der Waals surface area contributed by atoms with Crippen molar-refractivity contribution >= 4 is 23.5 Å². The van der Waals surface area contributed by atoms with E-state index in [0.29, 0.717) is 5.95 Å². The molecule has 7 heteroatoms. The van der Waals surface area contributed by atoms with Crippen molar-refractivity contribution in [3.05, 3.63) is 47.3 Å². The molecule has 7 nitrogen and oxygen atoms in total. The summed E-state index contributed by atoms with van der Waals surface area (Å²) in [5, 5.41) is 12.9. The van der Waals surface area contributed by atoms with Crippen molar-refractivity contribution in [2.75, 3.05) is 10.2 Å². The summed E-state index contributed by atoms with van der Waals surface area (Å²) in [6.07, 6.45) is 3.25. The molecule has 0 fully saturated rings. The summed E-state index contributed by atoms with van der Waals surface area (Å²) in [6.45, 7) is 9.75. The van der Waals surface area contributed by atoms with Crippen LogP contribution in [0.3, 0.4) is 0 Å². The number of carboxylic acid groups (broad SMARTS) is 1. The number of anilines is 2. The van der Waals surface area contributed by atoms with E-state index >= 15 is 0 Å². The minimum absolute atomic E-state index is 0.00190. The van der Waals surface area contributed by atoms with Crippen molar-refractivity contribution in [1.29, 1.82) is 0 Å². The lowest BCUT2D eigenvalue weighted by atomic mass is 9.69. The lowest BCUT2D eigenvalue weighted by Crippen LogP contribution is -2.60. The number of hydrogen-bond acceptors (Lipinski definition) is 5. The first kappa shape index (κ1) is 20.8. The maximum atomic E-state index is 12.7. The number of fused-ring (bicyclic) bond motifs is 1. The van der Waals surface area contributed by atoms with Gasteiger partial charge < -0.3 is 15.3 Å². The van der Waals surface area contributed by atoms with E-state index in [2.05, 4.69) is 36.1 Å². The number of carbonyl (C=O) groups excluding carboxylic acids is 1. The average molecular weight is 396 g/mol. The first-order valence-corrected chi connectivity index (χ1v) is 9.99. The van der Waals surface area contributed by atoms with Crippen molar-refractivity contribution in [3.8, 4) is 0 Å². The van der Waals surface area contributed by atoms with Crippen molar-refractivity contribution in [3.63, 3.8) is 0 Å². The smallest absolute Gasteiger partial charge is 0.335 e. The molecule has 2 heterocycles. The Bertz CT molecular complexity index is 939. The van der Waals surface area contributed by atoms with Crippen LogP contribution in [0.25, 0.3) is 0 Å². The van der Waals surface area contributed by atoms with Crippen LogP contribution in [0.1, 0.15) is 68.2 Å². The van der Waals surface area contributed by atoms with E-state index in [4.69, 9.17) is 0 Å². The Morgan fingerprint density at radius 1 is 1.24 bits per heavy atom. The zero-order valence-corrected chi connectivity index (χ0v) is 17.6. The van der Waals surface area contributed by atoms with Gasteiger partial charge in [-0.25, -0.2) is 14.8 Å². The van der Waals surface area contributed by atoms with Gasteiger partial charge in [0.15, 0.2) is 0 Å². The highest BCUT2D eigenvalue weighted by Gasteiger charge is 2.50. The number of nitrogens with zero attached hydrogens (tertiary/aromatic N) is 3. The number of aryl methyl sites for hydroxylation is 1. The van der Waals surface area contributed by atoms with Crippen LogP contribution in [0.4, 0.5) is 11.6 Å². The first-order chi connectivity index (χ1) is 13.7. The fourth-order valence-electron chi connectivity index (χ4n) is 4.72. The van der Waals surface area contributed by atoms with Crippen LogP contribution in [-0.2, 0) is 4.79 Å². The predicted molar refractivity (Wildman–Crippen MR) is 112 cm³/mol. The van der Waals surface area contributed by atoms with Gasteiger partial charge in [-0.3, -0.25) is 4.79 Å². The third-order valence-corrected chi connectivity index (χ3v) is 6.26. The molecule has 154 valence electrons. The highest BCUT2D eigenvalue weighted by Crippen LogP contribution is 2.50. The average Bonchev–Trinajstić information content (AvgIpc) is 2.69. The Kier molecular flexibility index (Phi) is 5.59. The molecular formula is C22H28N4O3. The minimum atomic E-state index is -0.997. The Morgan fingerprint density at radius 3 is 2.48 bits per heavy atom. The topological polar surface area (TPSA) is 95.4 Å². The monoisotopic (exact) mass is 396 g/mol. The molecular weight excluding hydrogens is 368 g/mol. The molecule has 0 saturated heterocycles. The van der Waals surface area contributed by atoms with Crippen LogP contribution in [0, 0.1) is 12.8 Å². The van der Waals surface area contributed by atoms with Crippen molar-refractivity contribution in [2.45, 2.75) is 59.0 Å². The van der Waals surface area contributed by atoms with Crippen LogP contribution in [0.15, 0.2) is 30.5 Å². The molecule has 0 bridgehead atoms. The van der Waals surface area contributed by atoms with Crippen LogP contribution >= 0.6 is 0 Å². The van der Waals surface area contributed by atoms with Gasteiger partial charge in [-0.1, -0.05) is 20.8 Å². The lowest BCUT2D eigenvalue weighted by Gasteiger charge is -2.54. The molecule has 2 atom stereocenters. The summed E-state index contributed by atoms with van der Waals surface area (Å²) in [7, 11) is 0. The number of nitrogens with one attached hydrogen (secondary N) is 1. The number of carboxylic acids is 1. The lowest BCUT2D eigenvalue weighted by molar-refractivity contribution is -0.118. The largest absolute Gasteiger partial charge is 0.478 e. The maximum Gasteiger partial charge on any atom is 0.335 e. The van der Waals surface area contributed by atoms with Gasteiger partial charge in [0.2, 0.25) is 11.9 Å². The summed E-state index contributed by atoms with van der Waals surface area (Å²) in [4.78, 5) is 35.0. The highest BCUT2D eigenvalue weighted by atomic mass is 16.4. The Labute approximate surface area is 171 Å². The van der Waals surface area contributed by atoms with Crippen molar-refractivity contribution in [2.24, 2.45) is 5.92 Å². The highest BCUT2D eigenvalue weighted by molar-refractivity contribution is 5.96. The fourth-order valence-corrected chi connectivity index (χ4v) is 4.72. The van der Waals surface area contributed by atoms with Gasteiger partial charge in [0, 0.05) is 30.4 Å². The van der Waals surface area contributed by atoms with Crippen molar-refractivity contribution in [1.82, 2.24) is 9.97 Å². The molecule has 1 aliphatic heterocycles. The number of amides is 1. The molecule has 0 saturated carbocycles. The second kappa shape index (κ2) is 7.81. The third-order valence-electron chi connectivity index (χ3n) is 6.26. The fraction of sp³-hybridized carbons (Fsp3) is 0.455. The second-order valence-electron chi connectivity index (χ2n) is 7.68. The summed E-state index contributed by atoms with van der Waals surface area (Å²) < 4.78 is 0. The van der Waals surface area contributed by atoms with Gasteiger partial charge in [0.25, 0.3) is 0 Å². The SMILES string of the molecule is CCC1(CC)[C@H](C)[C@@H](Nc2nccc(C)n2)c2cc(C(=O)O)ccc2N1C(C)=O.